The normalized spacial score (nSPS) is 13.6. The van der Waals surface area contributed by atoms with Gasteiger partial charge in [-0.05, 0) is 26.8 Å². The van der Waals surface area contributed by atoms with E-state index in [1.807, 2.05) is 26.0 Å². The number of aliphatic hydroxyl groups is 1. The number of hydrogen-bond acceptors (Lipinski definition) is 5. The van der Waals surface area contributed by atoms with Gasteiger partial charge in [-0.2, -0.15) is 0 Å². The van der Waals surface area contributed by atoms with Crippen molar-refractivity contribution in [2.24, 2.45) is 5.73 Å². The highest BCUT2D eigenvalue weighted by molar-refractivity contribution is 5.82. The number of hydrogen-bond donors (Lipinski definition) is 2. The molecule has 3 N–H and O–H groups in total. The fourth-order valence-corrected chi connectivity index (χ4v) is 2.17. The first-order valence-electron chi connectivity index (χ1n) is 7.27. The summed E-state index contributed by atoms with van der Waals surface area (Å²) in [7, 11) is 3.13. The summed E-state index contributed by atoms with van der Waals surface area (Å²) in [6, 6.07) is 4.50. The molecule has 0 fully saturated rings. The predicted octanol–water partition coefficient (Wildman–Crippen LogP) is 1.15. The molecule has 0 heterocycles. The van der Waals surface area contributed by atoms with Crippen LogP contribution in [0.2, 0.25) is 0 Å². The van der Waals surface area contributed by atoms with Crippen LogP contribution in [0.5, 0.6) is 11.5 Å². The van der Waals surface area contributed by atoms with E-state index in [2.05, 4.69) is 0 Å². The van der Waals surface area contributed by atoms with Crippen molar-refractivity contribution >= 4 is 5.91 Å². The van der Waals surface area contributed by atoms with Gasteiger partial charge >= 0.3 is 0 Å². The molecule has 1 aromatic carbocycles. The van der Waals surface area contributed by atoms with Crippen LogP contribution in [0.15, 0.2) is 18.2 Å². The Morgan fingerprint density at radius 1 is 1.27 bits per heavy atom. The van der Waals surface area contributed by atoms with Gasteiger partial charge < -0.3 is 25.2 Å². The molecule has 0 aliphatic rings. The summed E-state index contributed by atoms with van der Waals surface area (Å²) in [6.07, 6.45) is -0.902. The Labute approximate surface area is 131 Å². The van der Waals surface area contributed by atoms with Gasteiger partial charge in [-0.3, -0.25) is 4.79 Å². The van der Waals surface area contributed by atoms with Crippen molar-refractivity contribution in [2.45, 2.75) is 45.5 Å². The van der Waals surface area contributed by atoms with Crippen LogP contribution in [0.3, 0.4) is 0 Å². The third-order valence-corrected chi connectivity index (χ3v) is 3.54. The zero-order valence-corrected chi connectivity index (χ0v) is 13.9. The van der Waals surface area contributed by atoms with E-state index >= 15 is 0 Å². The first-order valence-corrected chi connectivity index (χ1v) is 7.27. The van der Waals surface area contributed by atoms with E-state index in [1.165, 1.54) is 6.92 Å². The third kappa shape index (κ3) is 4.11. The summed E-state index contributed by atoms with van der Waals surface area (Å²) in [5.74, 6) is 0.903. The molecule has 1 amide bonds. The number of para-hydroxylation sites is 1. The Morgan fingerprint density at radius 2 is 1.91 bits per heavy atom. The maximum Gasteiger partial charge on any atom is 0.242 e. The molecular formula is C16H26N2O4. The van der Waals surface area contributed by atoms with E-state index < -0.39 is 12.1 Å². The lowest BCUT2D eigenvalue weighted by Gasteiger charge is -2.31. The minimum atomic E-state index is -0.945. The molecule has 6 heteroatoms. The quantitative estimate of drug-likeness (QED) is 0.789. The number of carbonyl (C=O) groups is 1. The van der Waals surface area contributed by atoms with Gasteiger partial charge in [0.2, 0.25) is 5.91 Å². The Balaban J connectivity index is 3.09. The van der Waals surface area contributed by atoms with Crippen molar-refractivity contribution in [1.29, 1.82) is 0 Å². The molecule has 0 aromatic heterocycles. The maximum absolute atomic E-state index is 12.5. The first kappa shape index (κ1) is 18.3. The molecule has 1 aromatic rings. The van der Waals surface area contributed by atoms with Gasteiger partial charge in [-0.15, -0.1) is 0 Å². The number of aliphatic hydroxyl groups excluding tert-OH is 1. The minimum Gasteiger partial charge on any atom is -0.493 e. The van der Waals surface area contributed by atoms with Gasteiger partial charge in [-0.25, -0.2) is 0 Å². The molecule has 2 unspecified atom stereocenters. The number of nitrogens with two attached hydrogens (primary N) is 1. The lowest BCUT2D eigenvalue weighted by molar-refractivity contribution is -0.137. The summed E-state index contributed by atoms with van der Waals surface area (Å²) in [6.45, 7) is 5.64. The van der Waals surface area contributed by atoms with Crippen LogP contribution in [0.4, 0.5) is 0 Å². The largest absolute Gasteiger partial charge is 0.493 e. The molecule has 0 aliphatic carbocycles. The van der Waals surface area contributed by atoms with E-state index in [9.17, 15) is 9.90 Å². The summed E-state index contributed by atoms with van der Waals surface area (Å²) < 4.78 is 10.7. The highest BCUT2D eigenvalue weighted by Crippen LogP contribution is 2.31. The number of rotatable bonds is 7. The van der Waals surface area contributed by atoms with E-state index in [4.69, 9.17) is 15.2 Å². The van der Waals surface area contributed by atoms with Crippen LogP contribution in [0.1, 0.15) is 26.3 Å². The maximum atomic E-state index is 12.5. The van der Waals surface area contributed by atoms with Crippen LogP contribution in [0, 0.1) is 0 Å². The number of amides is 1. The number of ether oxygens (including phenoxy) is 2. The molecule has 6 nitrogen and oxygen atoms in total. The van der Waals surface area contributed by atoms with Gasteiger partial charge in [0.15, 0.2) is 11.5 Å². The molecule has 0 bridgehead atoms. The molecule has 0 spiro atoms. The molecule has 1 rings (SSSR count). The Bertz CT molecular complexity index is 503. The van der Waals surface area contributed by atoms with Crippen LogP contribution in [0.25, 0.3) is 0 Å². The van der Waals surface area contributed by atoms with Gasteiger partial charge in [0.25, 0.3) is 0 Å². The zero-order chi connectivity index (χ0) is 16.9. The molecule has 0 radical (unpaired) electrons. The van der Waals surface area contributed by atoms with Crippen LogP contribution in [-0.4, -0.2) is 48.3 Å². The van der Waals surface area contributed by atoms with Gasteiger partial charge in [-0.1, -0.05) is 12.1 Å². The average molecular weight is 310 g/mol. The van der Waals surface area contributed by atoms with Crippen molar-refractivity contribution in [3.63, 3.8) is 0 Å². The van der Waals surface area contributed by atoms with Gasteiger partial charge in [0.1, 0.15) is 6.04 Å². The standard InChI is InChI=1S/C16H26N2O4/c1-10(2)18(16(20)14(17)11(3)19)9-12-7-6-8-13(21-4)15(12)22-5/h6-8,10-11,14,19H,9,17H2,1-5H3. The van der Waals surface area contributed by atoms with E-state index in [1.54, 1.807) is 25.2 Å². The summed E-state index contributed by atoms with van der Waals surface area (Å²) in [4.78, 5) is 14.1. The summed E-state index contributed by atoms with van der Waals surface area (Å²) >= 11 is 0. The first-order chi connectivity index (χ1) is 10.3. The van der Waals surface area contributed by atoms with Crippen LogP contribution < -0.4 is 15.2 Å². The minimum absolute atomic E-state index is 0.0618. The second-order valence-electron chi connectivity index (χ2n) is 5.48. The third-order valence-electron chi connectivity index (χ3n) is 3.54. The lowest BCUT2D eigenvalue weighted by Crippen LogP contribution is -2.51. The van der Waals surface area contributed by atoms with E-state index in [0.29, 0.717) is 18.0 Å². The fourth-order valence-electron chi connectivity index (χ4n) is 2.17. The Kier molecular flexibility index (Phi) is 6.64. The van der Waals surface area contributed by atoms with E-state index in [0.717, 1.165) is 5.56 Å². The molecule has 124 valence electrons. The number of nitrogens with zero attached hydrogens (tertiary/aromatic N) is 1. The SMILES string of the molecule is COc1cccc(CN(C(=O)C(N)C(C)O)C(C)C)c1OC. The number of benzene rings is 1. The highest BCUT2D eigenvalue weighted by atomic mass is 16.5. The number of methoxy groups -OCH3 is 2. The van der Waals surface area contributed by atoms with Crippen LogP contribution in [-0.2, 0) is 11.3 Å². The smallest absolute Gasteiger partial charge is 0.242 e. The van der Waals surface area contributed by atoms with Crippen molar-refractivity contribution in [3.8, 4) is 11.5 Å². The number of carbonyl (C=O) groups excluding carboxylic acids is 1. The topological polar surface area (TPSA) is 85.0 Å². The monoisotopic (exact) mass is 310 g/mol. The Hall–Kier alpha value is -1.79. The van der Waals surface area contributed by atoms with Crippen LogP contribution >= 0.6 is 0 Å². The molecule has 0 saturated carbocycles. The summed E-state index contributed by atoms with van der Waals surface area (Å²) in [5.41, 5.74) is 6.60. The van der Waals surface area contributed by atoms with Crippen molar-refractivity contribution in [3.05, 3.63) is 23.8 Å². The zero-order valence-electron chi connectivity index (χ0n) is 13.9. The summed E-state index contributed by atoms with van der Waals surface area (Å²) in [5, 5.41) is 9.55. The highest BCUT2D eigenvalue weighted by Gasteiger charge is 2.27. The van der Waals surface area contributed by atoms with Gasteiger partial charge in [0.05, 0.1) is 20.3 Å². The second-order valence-corrected chi connectivity index (χ2v) is 5.48. The molecular weight excluding hydrogens is 284 g/mol. The fraction of sp³-hybridized carbons (Fsp3) is 0.562. The molecule has 2 atom stereocenters. The van der Waals surface area contributed by atoms with Crippen molar-refractivity contribution < 1.29 is 19.4 Å². The second kappa shape index (κ2) is 8.00. The van der Waals surface area contributed by atoms with E-state index in [-0.39, 0.29) is 11.9 Å². The van der Waals surface area contributed by atoms with Gasteiger partial charge in [0, 0.05) is 18.2 Å². The molecule has 0 aliphatic heterocycles. The Morgan fingerprint density at radius 3 is 2.36 bits per heavy atom. The molecule has 0 saturated heterocycles. The van der Waals surface area contributed by atoms with Crippen molar-refractivity contribution in [1.82, 2.24) is 4.90 Å². The average Bonchev–Trinajstić information content (AvgIpc) is 2.50. The molecule has 22 heavy (non-hydrogen) atoms. The predicted molar refractivity (Wildman–Crippen MR) is 84.9 cm³/mol. The van der Waals surface area contributed by atoms with Crippen molar-refractivity contribution in [2.75, 3.05) is 14.2 Å². The lowest BCUT2D eigenvalue weighted by atomic mass is 10.1.